The second-order valence-electron chi connectivity index (χ2n) is 12.0. The van der Waals surface area contributed by atoms with Gasteiger partial charge in [-0.25, -0.2) is 0 Å². The molecule has 0 unspecified atom stereocenters. The fourth-order valence-corrected chi connectivity index (χ4v) is 15.5. The van der Waals surface area contributed by atoms with E-state index in [0.717, 1.165) is 48.2 Å². The van der Waals surface area contributed by atoms with Gasteiger partial charge in [-0.15, -0.1) is 0 Å². The SMILES string of the molecule is CCc1ccc(C(=O)Nc2ccc(F)[c]([Ti]([c]3c(F)ccc(NC(=O)c4ccc(CC)cc4)c3F)([CH]3C=CC=C3)[CH]3C=CC=C3)c2F)cc1. The molecule has 0 radical (unpaired) electrons. The number of hydrogen-bond donors (Lipinski definition) is 2. The summed E-state index contributed by atoms with van der Waals surface area (Å²) in [6.07, 6.45) is 15.1. The maximum atomic E-state index is 17.1. The summed E-state index contributed by atoms with van der Waals surface area (Å²) in [6, 6.07) is 17.9. The number of benzene rings is 4. The van der Waals surface area contributed by atoms with Crippen molar-refractivity contribution >= 4 is 30.9 Å². The van der Waals surface area contributed by atoms with E-state index in [2.05, 4.69) is 10.6 Å². The van der Waals surface area contributed by atoms with Crippen LogP contribution in [0.2, 0.25) is 8.45 Å². The number of carbonyl (C=O) groups excluding carboxylic acids is 2. The Hall–Kier alpha value is -4.79. The van der Waals surface area contributed by atoms with E-state index < -0.39 is 67.9 Å². The van der Waals surface area contributed by atoms with Crippen LogP contribution in [0.5, 0.6) is 0 Å². The van der Waals surface area contributed by atoms with Crippen LogP contribution in [0.25, 0.3) is 0 Å². The van der Waals surface area contributed by atoms with Gasteiger partial charge in [0.05, 0.1) is 0 Å². The number of aryl methyl sites for hydroxylation is 2. The Balaban J connectivity index is 1.52. The van der Waals surface area contributed by atoms with Crippen LogP contribution in [0.4, 0.5) is 28.9 Å². The van der Waals surface area contributed by atoms with Gasteiger partial charge in [-0.1, -0.05) is 0 Å². The summed E-state index contributed by atoms with van der Waals surface area (Å²) in [5.41, 5.74) is 1.93. The molecule has 0 saturated carbocycles. The van der Waals surface area contributed by atoms with Crippen LogP contribution in [-0.4, -0.2) is 11.8 Å². The van der Waals surface area contributed by atoms with Gasteiger partial charge >= 0.3 is 287 Å². The Morgan fingerprint density at radius 1 is 0.551 bits per heavy atom. The fourth-order valence-electron chi connectivity index (χ4n) is 6.71. The summed E-state index contributed by atoms with van der Waals surface area (Å²) >= 11 is -5.15. The molecule has 4 aromatic rings. The molecule has 248 valence electrons. The van der Waals surface area contributed by atoms with Crippen LogP contribution in [0.1, 0.15) is 45.7 Å². The van der Waals surface area contributed by atoms with E-state index in [1.54, 1.807) is 97.1 Å². The van der Waals surface area contributed by atoms with Gasteiger partial charge in [0.15, 0.2) is 0 Å². The first-order chi connectivity index (χ1) is 23.7. The average Bonchev–Trinajstić information content (AvgIpc) is 3.86. The molecule has 2 aliphatic rings. The Bertz CT molecular complexity index is 1860. The molecular formula is C40H34F4N2O2Ti. The topological polar surface area (TPSA) is 58.2 Å². The molecule has 4 aromatic carbocycles. The van der Waals surface area contributed by atoms with Gasteiger partial charge in [0.25, 0.3) is 0 Å². The van der Waals surface area contributed by atoms with Crippen molar-refractivity contribution in [3.05, 3.63) is 167 Å². The van der Waals surface area contributed by atoms with Crippen LogP contribution in [-0.2, 0) is 29.4 Å². The standard InChI is InChI=1S/2C15H12F2NO.2C5H5.Ti/c2*1-2-10-3-5-11(6-4-10)15(19)18-14-8-7-12(16)9-13(14)17;2*1-2-4-5-3-1;/h2*3-8H,2H2,1H3,(H,18,19);2*1-5H;. The third kappa shape index (κ3) is 6.39. The number of halogens is 4. The van der Waals surface area contributed by atoms with Crippen molar-refractivity contribution in [2.45, 2.75) is 35.1 Å². The zero-order valence-corrected chi connectivity index (χ0v) is 28.5. The summed E-state index contributed by atoms with van der Waals surface area (Å²) in [5.74, 6) is -5.38. The fraction of sp³-hybridized carbons (Fsp3) is 0.150. The van der Waals surface area contributed by atoms with E-state index in [1.807, 2.05) is 13.8 Å². The summed E-state index contributed by atoms with van der Waals surface area (Å²) < 4.78 is 64.5. The number of nitrogens with one attached hydrogen (secondary N) is 2. The minimum absolute atomic E-state index is 0.267. The van der Waals surface area contributed by atoms with Crippen LogP contribution < -0.4 is 18.4 Å². The Morgan fingerprint density at radius 3 is 1.22 bits per heavy atom. The van der Waals surface area contributed by atoms with Crippen molar-refractivity contribution < 1.29 is 43.7 Å². The molecule has 0 aliphatic heterocycles. The van der Waals surface area contributed by atoms with E-state index in [-0.39, 0.29) is 22.5 Å². The summed E-state index contributed by atoms with van der Waals surface area (Å²) in [6.45, 7) is 3.96. The molecule has 0 bridgehead atoms. The molecule has 0 heterocycles. The monoisotopic (exact) mass is 698 g/mol. The van der Waals surface area contributed by atoms with Gasteiger partial charge in [-0.2, -0.15) is 0 Å². The molecule has 0 atom stereocenters. The molecule has 2 amide bonds. The molecule has 4 nitrogen and oxygen atoms in total. The summed E-state index contributed by atoms with van der Waals surface area (Å²) in [7, 11) is 0. The molecule has 9 heteroatoms. The van der Waals surface area contributed by atoms with Gasteiger partial charge in [-0.05, 0) is 0 Å². The van der Waals surface area contributed by atoms with Gasteiger partial charge in [0, 0.05) is 0 Å². The van der Waals surface area contributed by atoms with Crippen LogP contribution in [0, 0.1) is 23.3 Å². The minimum atomic E-state index is -5.15. The first kappa shape index (κ1) is 34.1. The predicted octanol–water partition coefficient (Wildman–Crippen LogP) is 8.81. The predicted molar refractivity (Wildman–Crippen MR) is 184 cm³/mol. The van der Waals surface area contributed by atoms with Crippen molar-refractivity contribution in [3.63, 3.8) is 0 Å². The number of hydrogen-bond acceptors (Lipinski definition) is 2. The molecule has 0 saturated heterocycles. The first-order valence-corrected chi connectivity index (χ1v) is 19.5. The molecular weight excluding hydrogens is 664 g/mol. The number of carbonyl (C=O) groups is 2. The molecule has 2 aliphatic carbocycles. The van der Waals surface area contributed by atoms with Crippen molar-refractivity contribution in [2.24, 2.45) is 0 Å². The second-order valence-corrected chi connectivity index (χ2v) is 18.4. The van der Waals surface area contributed by atoms with Crippen molar-refractivity contribution in [3.8, 4) is 0 Å². The summed E-state index contributed by atoms with van der Waals surface area (Å²) in [5, 5.41) is 5.12. The maximum absolute atomic E-state index is 17.1. The Morgan fingerprint density at radius 2 is 0.898 bits per heavy atom. The quantitative estimate of drug-likeness (QED) is 0.129. The van der Waals surface area contributed by atoms with Crippen LogP contribution >= 0.6 is 0 Å². The molecule has 2 N–H and O–H groups in total. The number of anilines is 2. The number of amides is 2. The van der Waals surface area contributed by atoms with E-state index in [4.69, 9.17) is 0 Å². The van der Waals surface area contributed by atoms with Gasteiger partial charge < -0.3 is 0 Å². The number of rotatable bonds is 10. The van der Waals surface area contributed by atoms with Gasteiger partial charge in [-0.3, -0.25) is 0 Å². The van der Waals surface area contributed by atoms with Crippen molar-refractivity contribution in [1.82, 2.24) is 0 Å². The van der Waals surface area contributed by atoms with Crippen LogP contribution in [0.15, 0.2) is 121 Å². The van der Waals surface area contributed by atoms with Crippen molar-refractivity contribution in [2.75, 3.05) is 10.6 Å². The molecule has 6 rings (SSSR count). The molecule has 49 heavy (non-hydrogen) atoms. The van der Waals surface area contributed by atoms with Crippen LogP contribution in [0.3, 0.4) is 0 Å². The third-order valence-electron chi connectivity index (χ3n) is 9.30. The molecule has 0 fully saturated rings. The zero-order chi connectivity index (χ0) is 34.7. The Labute approximate surface area is 286 Å². The first-order valence-electron chi connectivity index (χ1n) is 16.2. The normalized spacial score (nSPS) is 14.2. The summed E-state index contributed by atoms with van der Waals surface area (Å²) in [4.78, 5) is 26.5. The third-order valence-corrected chi connectivity index (χ3v) is 17.8. The van der Waals surface area contributed by atoms with E-state index >= 15 is 17.6 Å². The van der Waals surface area contributed by atoms with E-state index in [0.29, 0.717) is 0 Å². The van der Waals surface area contributed by atoms with Crippen molar-refractivity contribution in [1.29, 1.82) is 0 Å². The van der Waals surface area contributed by atoms with Gasteiger partial charge in [0.1, 0.15) is 0 Å². The zero-order valence-electron chi connectivity index (χ0n) is 26.9. The van der Waals surface area contributed by atoms with E-state index in [9.17, 15) is 9.59 Å². The van der Waals surface area contributed by atoms with E-state index in [1.165, 1.54) is 0 Å². The molecule has 0 aromatic heterocycles. The Kier molecular flexibility index (Phi) is 10.00. The number of allylic oxidation sites excluding steroid dienone is 8. The average molecular weight is 699 g/mol. The molecule has 0 spiro atoms. The second kappa shape index (κ2) is 14.4. The van der Waals surface area contributed by atoms with Gasteiger partial charge in [0.2, 0.25) is 0 Å².